The number of halogens is 3. The summed E-state index contributed by atoms with van der Waals surface area (Å²) in [7, 11) is 0. The van der Waals surface area contributed by atoms with Crippen molar-refractivity contribution in [3.05, 3.63) is 56.2 Å². The summed E-state index contributed by atoms with van der Waals surface area (Å²) in [6.45, 7) is 2.55. The zero-order valence-electron chi connectivity index (χ0n) is 17.6. The number of carbonyl (C=O) groups excluding carboxylic acids is 1. The van der Waals surface area contributed by atoms with Crippen LogP contribution in [0.3, 0.4) is 0 Å². The molecule has 1 aliphatic carbocycles. The van der Waals surface area contributed by atoms with E-state index in [4.69, 9.17) is 0 Å². The average Bonchev–Trinajstić information content (AvgIpc) is 3.13. The normalized spacial score (nSPS) is 13.5. The molecule has 2 aromatic heterocycles. The Morgan fingerprint density at radius 1 is 1.22 bits per heavy atom. The summed E-state index contributed by atoms with van der Waals surface area (Å²) in [4.78, 5) is 36.3. The van der Waals surface area contributed by atoms with Crippen LogP contribution in [0.5, 0.6) is 0 Å². The molecule has 170 valence electrons. The first kappa shape index (κ1) is 22.5. The maximum Gasteiger partial charge on any atom is 0.259 e. The number of anilines is 1. The third-order valence-electron chi connectivity index (χ3n) is 5.46. The molecule has 32 heavy (non-hydrogen) atoms. The van der Waals surface area contributed by atoms with Crippen LogP contribution in [-0.2, 0) is 24.2 Å². The van der Waals surface area contributed by atoms with Gasteiger partial charge in [-0.05, 0) is 56.3 Å². The van der Waals surface area contributed by atoms with E-state index in [0.717, 1.165) is 49.8 Å². The van der Waals surface area contributed by atoms with Gasteiger partial charge in [0.1, 0.15) is 10.7 Å². The molecule has 10 heteroatoms. The second kappa shape index (κ2) is 9.41. The molecule has 0 spiro atoms. The van der Waals surface area contributed by atoms with Crippen molar-refractivity contribution < 1.29 is 18.0 Å². The molecular weight excluding hydrogens is 441 g/mol. The highest BCUT2D eigenvalue weighted by atomic mass is 32.1. The lowest BCUT2D eigenvalue weighted by atomic mass is 9.97. The van der Waals surface area contributed by atoms with Crippen molar-refractivity contribution in [2.45, 2.75) is 45.6 Å². The van der Waals surface area contributed by atoms with Crippen molar-refractivity contribution in [1.29, 1.82) is 0 Å². The number of rotatable bonds is 7. The van der Waals surface area contributed by atoms with Crippen LogP contribution in [0.4, 0.5) is 18.9 Å². The van der Waals surface area contributed by atoms with Gasteiger partial charge in [0.15, 0.2) is 17.5 Å². The molecule has 0 fully saturated rings. The summed E-state index contributed by atoms with van der Waals surface area (Å²) in [5.41, 5.74) is 0.506. The number of aromatic amines is 1. The van der Waals surface area contributed by atoms with Gasteiger partial charge in [-0.3, -0.25) is 14.5 Å². The number of carbonyl (C=O) groups is 1. The number of benzene rings is 1. The highest BCUT2D eigenvalue weighted by Gasteiger charge is 2.21. The van der Waals surface area contributed by atoms with Gasteiger partial charge in [-0.1, -0.05) is 6.92 Å². The number of hydrogen-bond donors (Lipinski definition) is 2. The number of fused-ring (bicyclic) bond motifs is 3. The summed E-state index contributed by atoms with van der Waals surface area (Å²) in [6, 6.07) is 1.73. The fourth-order valence-corrected chi connectivity index (χ4v) is 5.32. The van der Waals surface area contributed by atoms with Crippen molar-refractivity contribution in [2.75, 3.05) is 18.4 Å². The van der Waals surface area contributed by atoms with E-state index in [1.54, 1.807) is 16.2 Å². The topological polar surface area (TPSA) is 78.1 Å². The number of H-pyrrole nitrogens is 1. The van der Waals surface area contributed by atoms with Crippen molar-refractivity contribution >= 4 is 33.1 Å². The van der Waals surface area contributed by atoms with Crippen LogP contribution < -0.4 is 10.9 Å². The van der Waals surface area contributed by atoms with E-state index in [2.05, 4.69) is 15.3 Å². The zero-order valence-corrected chi connectivity index (χ0v) is 18.4. The van der Waals surface area contributed by atoms with Crippen molar-refractivity contribution in [3.8, 4) is 0 Å². The van der Waals surface area contributed by atoms with E-state index in [1.807, 2.05) is 6.92 Å². The molecule has 0 saturated carbocycles. The quantitative estimate of drug-likeness (QED) is 0.516. The van der Waals surface area contributed by atoms with Crippen molar-refractivity contribution in [3.63, 3.8) is 0 Å². The molecule has 1 aromatic carbocycles. The molecule has 4 rings (SSSR count). The molecule has 2 N–H and O–H groups in total. The number of amides is 1. The fourth-order valence-electron chi connectivity index (χ4n) is 4.04. The van der Waals surface area contributed by atoms with Crippen LogP contribution in [-0.4, -0.2) is 33.9 Å². The van der Waals surface area contributed by atoms with Crippen LogP contribution >= 0.6 is 11.3 Å². The number of nitrogens with one attached hydrogen (secondary N) is 2. The summed E-state index contributed by atoms with van der Waals surface area (Å²) in [5, 5.41) is 2.94. The fraction of sp³-hybridized carbons (Fsp3) is 0.409. The predicted octanol–water partition coefficient (Wildman–Crippen LogP) is 4.13. The predicted molar refractivity (Wildman–Crippen MR) is 117 cm³/mol. The smallest absolute Gasteiger partial charge is 0.259 e. The molecular formula is C22H23F3N4O2S. The maximum absolute atomic E-state index is 13.9. The largest absolute Gasteiger partial charge is 0.322 e. The van der Waals surface area contributed by atoms with Gasteiger partial charge in [0, 0.05) is 4.88 Å². The molecule has 0 unspecified atom stereocenters. The van der Waals surface area contributed by atoms with Crippen LogP contribution in [0, 0.1) is 17.5 Å². The molecule has 0 atom stereocenters. The molecule has 0 aliphatic heterocycles. The van der Waals surface area contributed by atoms with E-state index in [9.17, 15) is 22.8 Å². The van der Waals surface area contributed by atoms with Crippen LogP contribution in [0.1, 0.15) is 42.5 Å². The second-order valence-electron chi connectivity index (χ2n) is 7.89. The molecule has 0 radical (unpaired) electrons. The highest BCUT2D eigenvalue weighted by molar-refractivity contribution is 7.18. The lowest BCUT2D eigenvalue weighted by Gasteiger charge is -2.20. The van der Waals surface area contributed by atoms with Gasteiger partial charge in [-0.2, -0.15) is 0 Å². The van der Waals surface area contributed by atoms with Gasteiger partial charge in [-0.25, -0.2) is 18.2 Å². The van der Waals surface area contributed by atoms with Crippen molar-refractivity contribution in [1.82, 2.24) is 14.9 Å². The van der Waals surface area contributed by atoms with E-state index >= 15 is 0 Å². The summed E-state index contributed by atoms with van der Waals surface area (Å²) in [5.74, 6) is -4.55. The standard InChI is InChI=1S/C22H23F3N4O2S/c1-2-9-29(11-17(30)26-14-8-7-13(23)19(24)20(14)25)10-16-27-21(31)18-12-5-3-4-6-15(12)32-22(18)28-16/h7-8H,2-6,9-11H2,1H3,(H,26,30)(H,27,28,31). The minimum Gasteiger partial charge on any atom is -0.322 e. The van der Waals surface area contributed by atoms with Gasteiger partial charge in [-0.15, -0.1) is 11.3 Å². The third kappa shape index (κ3) is 4.56. The molecule has 3 aromatic rings. The minimum atomic E-state index is -1.64. The molecule has 0 bridgehead atoms. The Hall–Kier alpha value is -2.72. The summed E-state index contributed by atoms with van der Waals surface area (Å²) in [6.07, 6.45) is 4.77. The lowest BCUT2D eigenvalue weighted by molar-refractivity contribution is -0.117. The molecule has 1 aliphatic rings. The highest BCUT2D eigenvalue weighted by Crippen LogP contribution is 2.33. The maximum atomic E-state index is 13.9. The van der Waals surface area contributed by atoms with Gasteiger partial charge >= 0.3 is 0 Å². The van der Waals surface area contributed by atoms with E-state index in [-0.39, 0.29) is 18.6 Å². The van der Waals surface area contributed by atoms with Gasteiger partial charge in [0.25, 0.3) is 5.56 Å². The summed E-state index contributed by atoms with van der Waals surface area (Å²) >= 11 is 1.55. The van der Waals surface area contributed by atoms with Crippen LogP contribution in [0.2, 0.25) is 0 Å². The summed E-state index contributed by atoms with van der Waals surface area (Å²) < 4.78 is 40.4. The van der Waals surface area contributed by atoms with Gasteiger partial charge in [0.05, 0.1) is 24.2 Å². The molecule has 6 nitrogen and oxygen atoms in total. The SMILES string of the molecule is CCCN(CC(=O)Nc1ccc(F)c(F)c1F)Cc1nc2sc3c(c2c(=O)[nH]1)CCCC3. The van der Waals surface area contributed by atoms with Gasteiger partial charge in [0.2, 0.25) is 5.91 Å². The van der Waals surface area contributed by atoms with E-state index < -0.39 is 29.0 Å². The second-order valence-corrected chi connectivity index (χ2v) is 8.97. The van der Waals surface area contributed by atoms with Crippen LogP contribution in [0.15, 0.2) is 16.9 Å². The average molecular weight is 465 g/mol. The van der Waals surface area contributed by atoms with Crippen molar-refractivity contribution in [2.24, 2.45) is 0 Å². The van der Waals surface area contributed by atoms with Crippen LogP contribution in [0.25, 0.3) is 10.2 Å². The first-order chi connectivity index (χ1) is 15.4. The number of thiophene rings is 1. The lowest BCUT2D eigenvalue weighted by Crippen LogP contribution is -2.34. The Morgan fingerprint density at radius 3 is 2.78 bits per heavy atom. The van der Waals surface area contributed by atoms with E-state index in [0.29, 0.717) is 22.6 Å². The molecule has 1 amide bonds. The number of aryl methyl sites for hydroxylation is 2. The Labute approximate surface area is 186 Å². The van der Waals surface area contributed by atoms with Gasteiger partial charge < -0.3 is 10.3 Å². The number of hydrogen-bond acceptors (Lipinski definition) is 5. The number of nitrogens with zero attached hydrogens (tertiary/aromatic N) is 2. The zero-order chi connectivity index (χ0) is 22.8. The molecule has 2 heterocycles. The Balaban J connectivity index is 1.51. The monoisotopic (exact) mass is 464 g/mol. The first-order valence-corrected chi connectivity index (χ1v) is 11.4. The minimum absolute atomic E-state index is 0.130. The Bertz CT molecular complexity index is 1220. The first-order valence-electron chi connectivity index (χ1n) is 10.6. The Kier molecular flexibility index (Phi) is 6.61. The van der Waals surface area contributed by atoms with E-state index in [1.165, 1.54) is 4.88 Å². The Morgan fingerprint density at radius 2 is 2.00 bits per heavy atom. The number of aromatic nitrogens is 2. The molecule has 0 saturated heterocycles. The third-order valence-corrected chi connectivity index (χ3v) is 6.65.